The molecule has 0 saturated carbocycles. The quantitative estimate of drug-likeness (QED) is 0.782. The van der Waals surface area contributed by atoms with Crippen molar-refractivity contribution in [2.75, 3.05) is 5.73 Å². The zero-order valence-corrected chi connectivity index (χ0v) is 10.0. The van der Waals surface area contributed by atoms with Gasteiger partial charge in [-0.3, -0.25) is 0 Å². The van der Waals surface area contributed by atoms with Crippen LogP contribution in [0.15, 0.2) is 42.6 Å². The third-order valence-electron chi connectivity index (χ3n) is 2.35. The first-order chi connectivity index (χ1) is 9.13. The fourth-order valence-electron chi connectivity index (χ4n) is 1.43. The van der Waals surface area contributed by atoms with Crippen LogP contribution < -0.4 is 15.8 Å². The summed E-state index contributed by atoms with van der Waals surface area (Å²) in [7, 11) is 0. The average molecular weight is 259 g/mol. The SMILES string of the molecule is Nc1ccc(Oc2ccc(CNC(=O)O)cc2)nc1. The molecule has 0 aliphatic carbocycles. The molecule has 2 rings (SSSR count). The highest BCUT2D eigenvalue weighted by molar-refractivity contribution is 5.64. The number of ether oxygens (including phenoxy) is 1. The second-order valence-electron chi connectivity index (χ2n) is 3.83. The molecule has 98 valence electrons. The highest BCUT2D eigenvalue weighted by Gasteiger charge is 2.00. The van der Waals surface area contributed by atoms with Crippen LogP contribution in [0.4, 0.5) is 10.5 Å². The van der Waals surface area contributed by atoms with Crippen LogP contribution in [0, 0.1) is 0 Å². The Morgan fingerprint density at radius 1 is 1.26 bits per heavy atom. The normalized spacial score (nSPS) is 9.89. The Kier molecular flexibility index (Phi) is 3.82. The molecule has 0 aliphatic rings. The second-order valence-corrected chi connectivity index (χ2v) is 3.83. The van der Waals surface area contributed by atoms with Gasteiger partial charge in [-0.15, -0.1) is 0 Å². The Morgan fingerprint density at radius 3 is 2.58 bits per heavy atom. The zero-order valence-electron chi connectivity index (χ0n) is 10.0. The van der Waals surface area contributed by atoms with E-state index in [-0.39, 0.29) is 6.54 Å². The number of benzene rings is 1. The Morgan fingerprint density at radius 2 is 2.00 bits per heavy atom. The van der Waals surface area contributed by atoms with Gasteiger partial charge in [0.1, 0.15) is 5.75 Å². The van der Waals surface area contributed by atoms with Crippen molar-refractivity contribution in [3.63, 3.8) is 0 Å². The molecule has 6 nitrogen and oxygen atoms in total. The number of nitrogen functional groups attached to an aromatic ring is 1. The zero-order chi connectivity index (χ0) is 13.7. The molecule has 0 spiro atoms. The average Bonchev–Trinajstić information content (AvgIpc) is 2.40. The molecule has 0 unspecified atom stereocenters. The fourth-order valence-corrected chi connectivity index (χ4v) is 1.43. The van der Waals surface area contributed by atoms with Crippen LogP contribution >= 0.6 is 0 Å². The molecule has 1 aromatic heterocycles. The summed E-state index contributed by atoms with van der Waals surface area (Å²) in [6.45, 7) is 0.260. The van der Waals surface area contributed by atoms with E-state index in [4.69, 9.17) is 15.6 Å². The summed E-state index contributed by atoms with van der Waals surface area (Å²) < 4.78 is 5.51. The fraction of sp³-hybridized carbons (Fsp3) is 0.0769. The Balaban J connectivity index is 1.98. The van der Waals surface area contributed by atoms with Gasteiger partial charge in [0, 0.05) is 12.6 Å². The summed E-state index contributed by atoms with van der Waals surface area (Å²) in [5, 5.41) is 10.8. The highest BCUT2D eigenvalue weighted by Crippen LogP contribution is 2.20. The molecule has 6 heteroatoms. The number of aromatic nitrogens is 1. The van der Waals surface area contributed by atoms with Gasteiger partial charge in [-0.05, 0) is 23.8 Å². The maximum Gasteiger partial charge on any atom is 0.404 e. The molecule has 0 atom stereocenters. The lowest BCUT2D eigenvalue weighted by molar-refractivity contribution is 0.194. The molecule has 0 bridgehead atoms. The van der Waals surface area contributed by atoms with Gasteiger partial charge in [0.15, 0.2) is 0 Å². The van der Waals surface area contributed by atoms with Gasteiger partial charge in [-0.2, -0.15) is 0 Å². The first kappa shape index (κ1) is 12.7. The van der Waals surface area contributed by atoms with Gasteiger partial charge >= 0.3 is 6.09 Å². The topological polar surface area (TPSA) is 97.5 Å². The molecule has 4 N–H and O–H groups in total. The van der Waals surface area contributed by atoms with Crippen LogP contribution in [0.1, 0.15) is 5.56 Å². The van der Waals surface area contributed by atoms with E-state index in [0.717, 1.165) is 5.56 Å². The van der Waals surface area contributed by atoms with Gasteiger partial charge in [-0.25, -0.2) is 9.78 Å². The van der Waals surface area contributed by atoms with Crippen molar-refractivity contribution in [2.24, 2.45) is 0 Å². The first-order valence-electron chi connectivity index (χ1n) is 5.58. The van der Waals surface area contributed by atoms with Crippen LogP contribution in [0.25, 0.3) is 0 Å². The van der Waals surface area contributed by atoms with E-state index in [2.05, 4.69) is 10.3 Å². The molecular weight excluding hydrogens is 246 g/mol. The van der Waals surface area contributed by atoms with Gasteiger partial charge in [0.2, 0.25) is 5.88 Å². The summed E-state index contributed by atoms with van der Waals surface area (Å²) in [4.78, 5) is 14.4. The number of nitrogens with zero attached hydrogens (tertiary/aromatic N) is 1. The number of pyridine rings is 1. The van der Waals surface area contributed by atoms with E-state index in [1.807, 2.05) is 0 Å². The minimum absolute atomic E-state index is 0.260. The molecule has 1 aromatic carbocycles. The van der Waals surface area contributed by atoms with Crippen LogP contribution in [0.5, 0.6) is 11.6 Å². The lowest BCUT2D eigenvalue weighted by Crippen LogP contribution is -2.19. The molecule has 0 aliphatic heterocycles. The largest absolute Gasteiger partial charge is 0.465 e. The third-order valence-corrected chi connectivity index (χ3v) is 2.35. The van der Waals surface area contributed by atoms with Crippen molar-refractivity contribution < 1.29 is 14.6 Å². The van der Waals surface area contributed by atoms with Crippen molar-refractivity contribution >= 4 is 11.8 Å². The van der Waals surface area contributed by atoms with Gasteiger partial charge < -0.3 is 20.9 Å². The van der Waals surface area contributed by atoms with E-state index < -0.39 is 6.09 Å². The summed E-state index contributed by atoms with van der Waals surface area (Å²) in [6.07, 6.45) is 0.465. The predicted molar refractivity (Wildman–Crippen MR) is 70.0 cm³/mol. The number of amides is 1. The lowest BCUT2D eigenvalue weighted by Gasteiger charge is -2.06. The number of hydrogen-bond acceptors (Lipinski definition) is 4. The number of nitrogens with one attached hydrogen (secondary N) is 1. The highest BCUT2D eigenvalue weighted by atomic mass is 16.5. The summed E-state index contributed by atoms with van der Waals surface area (Å²) in [6, 6.07) is 10.4. The van der Waals surface area contributed by atoms with E-state index in [1.54, 1.807) is 36.4 Å². The molecule has 0 radical (unpaired) electrons. The van der Waals surface area contributed by atoms with Crippen molar-refractivity contribution in [3.8, 4) is 11.6 Å². The molecule has 19 heavy (non-hydrogen) atoms. The Labute approximate surface area is 109 Å². The van der Waals surface area contributed by atoms with Crippen LogP contribution in [0.2, 0.25) is 0 Å². The van der Waals surface area contributed by atoms with Gasteiger partial charge in [0.05, 0.1) is 11.9 Å². The van der Waals surface area contributed by atoms with Gasteiger partial charge in [0.25, 0.3) is 0 Å². The van der Waals surface area contributed by atoms with Crippen molar-refractivity contribution in [2.45, 2.75) is 6.54 Å². The lowest BCUT2D eigenvalue weighted by atomic mass is 10.2. The molecule has 0 fully saturated rings. The number of anilines is 1. The first-order valence-corrected chi connectivity index (χ1v) is 5.58. The minimum Gasteiger partial charge on any atom is -0.465 e. The standard InChI is InChI=1S/C13H13N3O3/c14-10-3-6-12(15-8-10)19-11-4-1-9(2-5-11)7-16-13(17)18/h1-6,8,16H,7,14H2,(H,17,18). The third kappa shape index (κ3) is 3.88. The van der Waals surface area contributed by atoms with E-state index in [9.17, 15) is 4.79 Å². The van der Waals surface area contributed by atoms with Crippen molar-refractivity contribution in [3.05, 3.63) is 48.2 Å². The molecular formula is C13H13N3O3. The molecule has 1 amide bonds. The summed E-state index contributed by atoms with van der Waals surface area (Å²) in [5.74, 6) is 1.07. The monoisotopic (exact) mass is 259 g/mol. The molecule has 0 saturated heterocycles. The molecule has 1 heterocycles. The van der Waals surface area contributed by atoms with E-state index in [1.165, 1.54) is 6.20 Å². The maximum absolute atomic E-state index is 10.4. The minimum atomic E-state index is -1.05. The van der Waals surface area contributed by atoms with Crippen LogP contribution in [0.3, 0.4) is 0 Å². The number of carboxylic acid groups (broad SMARTS) is 1. The van der Waals surface area contributed by atoms with Crippen LogP contribution in [-0.2, 0) is 6.54 Å². The van der Waals surface area contributed by atoms with Gasteiger partial charge in [-0.1, -0.05) is 12.1 Å². The van der Waals surface area contributed by atoms with Crippen LogP contribution in [-0.4, -0.2) is 16.2 Å². The van der Waals surface area contributed by atoms with Crippen molar-refractivity contribution in [1.82, 2.24) is 10.3 Å². The molecule has 2 aromatic rings. The smallest absolute Gasteiger partial charge is 0.404 e. The number of carbonyl (C=O) groups is 1. The number of hydrogen-bond donors (Lipinski definition) is 3. The maximum atomic E-state index is 10.4. The van der Waals surface area contributed by atoms with E-state index >= 15 is 0 Å². The predicted octanol–water partition coefficient (Wildman–Crippen LogP) is 2.22. The Bertz CT molecular complexity index is 552. The number of nitrogens with two attached hydrogens (primary N) is 1. The van der Waals surface area contributed by atoms with Crippen molar-refractivity contribution in [1.29, 1.82) is 0 Å². The second kappa shape index (κ2) is 5.72. The number of rotatable bonds is 4. The van der Waals surface area contributed by atoms with E-state index in [0.29, 0.717) is 17.3 Å². The Hall–Kier alpha value is -2.76. The summed E-state index contributed by atoms with van der Waals surface area (Å²) >= 11 is 0. The summed E-state index contributed by atoms with van der Waals surface area (Å²) in [5.41, 5.74) is 6.94.